The molecule has 112 valence electrons. The Morgan fingerprint density at radius 3 is 2.95 bits per heavy atom. The number of rotatable bonds is 4. The van der Waals surface area contributed by atoms with Crippen LogP contribution in [0.5, 0.6) is 0 Å². The zero-order chi connectivity index (χ0) is 14.5. The minimum atomic E-state index is -0.145. The lowest BCUT2D eigenvalue weighted by atomic mass is 10.1. The van der Waals surface area contributed by atoms with Crippen molar-refractivity contribution in [1.29, 1.82) is 0 Å². The van der Waals surface area contributed by atoms with Gasteiger partial charge in [-0.25, -0.2) is 4.79 Å². The summed E-state index contributed by atoms with van der Waals surface area (Å²) >= 11 is 1.64. The Balaban J connectivity index is 1.50. The molecule has 0 aliphatic heterocycles. The van der Waals surface area contributed by atoms with Crippen LogP contribution in [0.3, 0.4) is 0 Å². The number of hydrogen-bond donors (Lipinski definition) is 3. The van der Waals surface area contributed by atoms with Crippen molar-refractivity contribution < 1.29 is 4.79 Å². The molecule has 21 heavy (non-hydrogen) atoms. The number of aryl methyl sites for hydroxylation is 1. The van der Waals surface area contributed by atoms with E-state index in [2.05, 4.69) is 20.8 Å². The molecule has 0 spiro atoms. The summed E-state index contributed by atoms with van der Waals surface area (Å²) in [5.41, 5.74) is 3.55. The molecule has 6 heteroatoms. The summed E-state index contributed by atoms with van der Waals surface area (Å²) in [5, 5.41) is 15.2. The summed E-state index contributed by atoms with van der Waals surface area (Å²) in [7, 11) is 0. The molecule has 1 aliphatic carbocycles. The number of carbonyl (C=O) groups excluding carboxylic acids is 1. The van der Waals surface area contributed by atoms with Gasteiger partial charge in [-0.05, 0) is 42.7 Å². The van der Waals surface area contributed by atoms with Crippen molar-refractivity contribution in [3.8, 4) is 0 Å². The van der Waals surface area contributed by atoms with Gasteiger partial charge in [0.25, 0.3) is 0 Å². The summed E-state index contributed by atoms with van der Waals surface area (Å²) in [5.74, 6) is 0. The van der Waals surface area contributed by atoms with E-state index in [4.69, 9.17) is 0 Å². The number of amides is 2. The van der Waals surface area contributed by atoms with Crippen LogP contribution >= 0.6 is 11.3 Å². The minimum absolute atomic E-state index is 0.145. The third-order valence-electron chi connectivity index (χ3n) is 3.81. The van der Waals surface area contributed by atoms with Gasteiger partial charge in [0.1, 0.15) is 0 Å². The quantitative estimate of drug-likeness (QED) is 0.760. The highest BCUT2D eigenvalue weighted by molar-refractivity contribution is 7.09. The lowest BCUT2D eigenvalue weighted by Crippen LogP contribution is -2.34. The molecule has 0 aromatic carbocycles. The predicted octanol–water partition coefficient (Wildman–Crippen LogP) is 2.74. The molecule has 0 unspecified atom stereocenters. The first-order valence-electron chi connectivity index (χ1n) is 7.42. The van der Waals surface area contributed by atoms with E-state index in [0.29, 0.717) is 13.1 Å². The summed E-state index contributed by atoms with van der Waals surface area (Å²) in [6.07, 6.45) is 5.86. The number of aromatic amines is 1. The average molecular weight is 304 g/mol. The Bertz CT molecular complexity index is 591. The van der Waals surface area contributed by atoms with E-state index in [1.165, 1.54) is 30.5 Å². The number of hydrogen-bond acceptors (Lipinski definition) is 3. The van der Waals surface area contributed by atoms with Crippen molar-refractivity contribution in [3.63, 3.8) is 0 Å². The van der Waals surface area contributed by atoms with Crippen LogP contribution in [0.15, 0.2) is 17.5 Å². The highest BCUT2D eigenvalue weighted by Crippen LogP contribution is 2.21. The van der Waals surface area contributed by atoms with Crippen molar-refractivity contribution in [1.82, 2.24) is 20.8 Å². The van der Waals surface area contributed by atoms with Gasteiger partial charge in [-0.1, -0.05) is 12.5 Å². The van der Waals surface area contributed by atoms with Crippen LogP contribution in [0.25, 0.3) is 0 Å². The summed E-state index contributed by atoms with van der Waals surface area (Å²) in [6, 6.07) is 3.85. The minimum Gasteiger partial charge on any atom is -0.333 e. The molecule has 2 amide bonds. The molecule has 0 radical (unpaired) electrons. The first-order chi connectivity index (χ1) is 10.3. The van der Waals surface area contributed by atoms with Crippen LogP contribution in [-0.4, -0.2) is 16.2 Å². The van der Waals surface area contributed by atoms with Crippen molar-refractivity contribution in [3.05, 3.63) is 39.3 Å². The van der Waals surface area contributed by atoms with Crippen LogP contribution in [0.2, 0.25) is 0 Å². The van der Waals surface area contributed by atoms with Gasteiger partial charge in [-0.3, -0.25) is 5.10 Å². The number of nitrogens with zero attached hydrogens (tertiary/aromatic N) is 1. The molecular formula is C15H20N4OS. The highest BCUT2D eigenvalue weighted by Gasteiger charge is 2.15. The third kappa shape index (κ3) is 3.64. The topological polar surface area (TPSA) is 69.8 Å². The van der Waals surface area contributed by atoms with Gasteiger partial charge in [0.05, 0.1) is 18.8 Å². The normalized spacial score (nSPS) is 14.3. The smallest absolute Gasteiger partial charge is 0.315 e. The van der Waals surface area contributed by atoms with Crippen LogP contribution in [0.1, 0.15) is 41.1 Å². The van der Waals surface area contributed by atoms with Crippen molar-refractivity contribution in [2.45, 2.75) is 45.2 Å². The van der Waals surface area contributed by atoms with E-state index in [9.17, 15) is 4.79 Å². The molecule has 3 N–H and O–H groups in total. The number of aromatic nitrogens is 2. The molecule has 3 rings (SSSR count). The number of thiophene rings is 1. The average Bonchev–Trinajstić information content (AvgIpc) is 3.08. The Labute approximate surface area is 128 Å². The van der Waals surface area contributed by atoms with E-state index in [1.807, 2.05) is 17.5 Å². The number of fused-ring (bicyclic) bond motifs is 1. The fourth-order valence-electron chi connectivity index (χ4n) is 2.68. The van der Waals surface area contributed by atoms with Gasteiger partial charge in [0.15, 0.2) is 0 Å². The van der Waals surface area contributed by atoms with Gasteiger partial charge in [0.2, 0.25) is 0 Å². The van der Waals surface area contributed by atoms with Crippen LogP contribution in [-0.2, 0) is 25.9 Å². The van der Waals surface area contributed by atoms with Gasteiger partial charge < -0.3 is 10.6 Å². The Kier molecular flexibility index (Phi) is 4.55. The number of H-pyrrole nitrogens is 1. The molecule has 5 nitrogen and oxygen atoms in total. The van der Waals surface area contributed by atoms with Gasteiger partial charge in [0, 0.05) is 10.6 Å². The second kappa shape index (κ2) is 6.76. The van der Waals surface area contributed by atoms with E-state index in [-0.39, 0.29) is 6.03 Å². The highest BCUT2D eigenvalue weighted by atomic mass is 32.1. The van der Waals surface area contributed by atoms with E-state index in [0.717, 1.165) is 23.4 Å². The molecular weight excluding hydrogens is 284 g/mol. The predicted molar refractivity (Wildman–Crippen MR) is 83.2 cm³/mol. The standard InChI is InChI=1S/C15H20N4OS/c20-15(16-9-11-5-4-8-21-11)17-10-14-12-6-2-1-3-7-13(12)18-19-14/h4-5,8H,1-3,6-7,9-10H2,(H,18,19)(H2,16,17,20). The van der Waals surface area contributed by atoms with Crippen LogP contribution in [0, 0.1) is 0 Å². The lowest BCUT2D eigenvalue weighted by Gasteiger charge is -2.07. The fourth-order valence-corrected chi connectivity index (χ4v) is 3.32. The fraction of sp³-hybridized carbons (Fsp3) is 0.467. The molecule has 0 saturated carbocycles. The molecule has 0 fully saturated rings. The van der Waals surface area contributed by atoms with Gasteiger partial charge in [-0.2, -0.15) is 5.10 Å². The Morgan fingerprint density at radius 1 is 1.24 bits per heavy atom. The zero-order valence-corrected chi connectivity index (χ0v) is 12.8. The molecule has 0 bridgehead atoms. The molecule has 0 atom stereocenters. The molecule has 0 saturated heterocycles. The first kappa shape index (κ1) is 14.1. The summed E-state index contributed by atoms with van der Waals surface area (Å²) in [4.78, 5) is 13.0. The Morgan fingerprint density at radius 2 is 2.10 bits per heavy atom. The third-order valence-corrected chi connectivity index (χ3v) is 4.69. The summed E-state index contributed by atoms with van der Waals surface area (Å²) in [6.45, 7) is 1.06. The maximum Gasteiger partial charge on any atom is 0.315 e. The van der Waals surface area contributed by atoms with Crippen LogP contribution < -0.4 is 10.6 Å². The van der Waals surface area contributed by atoms with Gasteiger partial charge in [-0.15, -0.1) is 11.3 Å². The second-order valence-electron chi connectivity index (χ2n) is 5.30. The number of nitrogens with one attached hydrogen (secondary N) is 3. The molecule has 2 aromatic heterocycles. The maximum absolute atomic E-state index is 11.8. The first-order valence-corrected chi connectivity index (χ1v) is 8.30. The van der Waals surface area contributed by atoms with Crippen LogP contribution in [0.4, 0.5) is 4.79 Å². The van der Waals surface area contributed by atoms with Gasteiger partial charge >= 0.3 is 6.03 Å². The number of urea groups is 1. The Hall–Kier alpha value is -1.82. The number of carbonyl (C=O) groups is 1. The summed E-state index contributed by atoms with van der Waals surface area (Å²) < 4.78 is 0. The van der Waals surface area contributed by atoms with Crippen molar-refractivity contribution in [2.24, 2.45) is 0 Å². The van der Waals surface area contributed by atoms with Crippen molar-refractivity contribution >= 4 is 17.4 Å². The van der Waals surface area contributed by atoms with Crippen molar-refractivity contribution in [2.75, 3.05) is 0 Å². The maximum atomic E-state index is 11.8. The van der Waals surface area contributed by atoms with E-state index in [1.54, 1.807) is 11.3 Å². The van der Waals surface area contributed by atoms with E-state index < -0.39 is 0 Å². The second-order valence-corrected chi connectivity index (χ2v) is 6.34. The molecule has 1 aliphatic rings. The van der Waals surface area contributed by atoms with E-state index >= 15 is 0 Å². The largest absolute Gasteiger partial charge is 0.333 e. The monoisotopic (exact) mass is 304 g/mol. The molecule has 2 aromatic rings. The molecule has 2 heterocycles. The SMILES string of the molecule is O=C(NCc1cccs1)NCc1n[nH]c2c1CCCCC2. The zero-order valence-electron chi connectivity index (χ0n) is 11.9. The lowest BCUT2D eigenvalue weighted by molar-refractivity contribution is 0.240.